The lowest BCUT2D eigenvalue weighted by Gasteiger charge is -2.19. The molecular weight excluding hydrogens is 252 g/mol. The van der Waals surface area contributed by atoms with Crippen molar-refractivity contribution in [1.29, 1.82) is 0 Å². The topological polar surface area (TPSA) is 49.7 Å². The number of unbranched alkanes of at least 4 members (excludes halogenated alkanes) is 1. The molecule has 0 saturated heterocycles. The van der Waals surface area contributed by atoms with Gasteiger partial charge in [-0.25, -0.2) is 0 Å². The summed E-state index contributed by atoms with van der Waals surface area (Å²) in [4.78, 5) is 0. The molecule has 0 spiro atoms. The van der Waals surface area contributed by atoms with Crippen molar-refractivity contribution in [3.05, 3.63) is 27.8 Å². The Kier molecular flexibility index (Phi) is 5.93. The highest BCUT2D eigenvalue weighted by molar-refractivity contribution is 6.32. The summed E-state index contributed by atoms with van der Waals surface area (Å²) in [6.07, 6.45) is 1.45. The van der Waals surface area contributed by atoms with Crippen LogP contribution in [0.5, 0.6) is 5.75 Å². The maximum atomic E-state index is 10.2. The maximum Gasteiger partial charge on any atom is 0.125 e. The molecule has 1 aromatic rings. The van der Waals surface area contributed by atoms with E-state index in [4.69, 9.17) is 21.4 Å². The first kappa shape index (κ1) is 15.3. The van der Waals surface area contributed by atoms with E-state index in [0.29, 0.717) is 23.6 Å². The SMILES string of the molecule is COc1cc(C)c(Cl)c(C)c1C(O)CCCCO. The first-order valence-electron chi connectivity index (χ1n) is 6.15. The highest BCUT2D eigenvalue weighted by atomic mass is 35.5. The molecule has 1 rings (SSSR count). The second kappa shape index (κ2) is 6.98. The molecule has 0 amide bonds. The van der Waals surface area contributed by atoms with Crippen molar-refractivity contribution in [3.63, 3.8) is 0 Å². The summed E-state index contributed by atoms with van der Waals surface area (Å²) in [5, 5.41) is 19.7. The number of aliphatic hydroxyl groups excluding tert-OH is 2. The van der Waals surface area contributed by atoms with Crippen molar-refractivity contribution in [2.24, 2.45) is 0 Å². The molecule has 0 aromatic heterocycles. The molecule has 0 aliphatic carbocycles. The van der Waals surface area contributed by atoms with Gasteiger partial charge in [0.1, 0.15) is 5.75 Å². The molecule has 4 heteroatoms. The molecule has 1 unspecified atom stereocenters. The van der Waals surface area contributed by atoms with Crippen LogP contribution in [0, 0.1) is 13.8 Å². The molecule has 0 radical (unpaired) electrons. The lowest BCUT2D eigenvalue weighted by molar-refractivity contribution is 0.155. The fourth-order valence-electron chi connectivity index (χ4n) is 2.11. The van der Waals surface area contributed by atoms with Crippen LogP contribution >= 0.6 is 11.6 Å². The molecule has 102 valence electrons. The minimum absolute atomic E-state index is 0.150. The molecule has 1 aromatic carbocycles. The summed E-state index contributed by atoms with van der Waals surface area (Å²) < 4.78 is 5.32. The standard InChI is InChI=1S/C14H21ClO3/c1-9-8-12(18-3)13(10(2)14(9)15)11(17)6-4-5-7-16/h8,11,16-17H,4-7H2,1-3H3. The van der Waals surface area contributed by atoms with E-state index in [9.17, 15) is 5.11 Å². The number of hydrogen-bond donors (Lipinski definition) is 2. The Bertz CT molecular complexity index is 405. The number of aliphatic hydroxyl groups is 2. The Hall–Kier alpha value is -0.770. The average Bonchev–Trinajstić information content (AvgIpc) is 2.35. The van der Waals surface area contributed by atoms with Gasteiger partial charge >= 0.3 is 0 Å². The first-order valence-corrected chi connectivity index (χ1v) is 6.53. The van der Waals surface area contributed by atoms with Gasteiger partial charge in [0.2, 0.25) is 0 Å². The minimum atomic E-state index is -0.607. The van der Waals surface area contributed by atoms with Crippen molar-refractivity contribution in [3.8, 4) is 5.75 Å². The highest BCUT2D eigenvalue weighted by Crippen LogP contribution is 2.37. The number of methoxy groups -OCH3 is 1. The molecule has 2 N–H and O–H groups in total. The predicted molar refractivity (Wildman–Crippen MR) is 73.4 cm³/mol. The van der Waals surface area contributed by atoms with E-state index in [2.05, 4.69) is 0 Å². The Morgan fingerprint density at radius 1 is 1.33 bits per heavy atom. The van der Waals surface area contributed by atoms with Crippen molar-refractivity contribution < 1.29 is 14.9 Å². The largest absolute Gasteiger partial charge is 0.496 e. The highest BCUT2D eigenvalue weighted by Gasteiger charge is 2.19. The number of rotatable bonds is 6. The van der Waals surface area contributed by atoms with Crippen LogP contribution in [-0.4, -0.2) is 23.9 Å². The van der Waals surface area contributed by atoms with E-state index in [1.54, 1.807) is 7.11 Å². The van der Waals surface area contributed by atoms with Crippen LogP contribution in [0.1, 0.15) is 42.1 Å². The van der Waals surface area contributed by atoms with Crippen LogP contribution in [0.25, 0.3) is 0 Å². The van der Waals surface area contributed by atoms with E-state index in [0.717, 1.165) is 23.1 Å². The van der Waals surface area contributed by atoms with Gasteiger partial charge in [0, 0.05) is 17.2 Å². The number of hydrogen-bond acceptors (Lipinski definition) is 3. The quantitative estimate of drug-likeness (QED) is 0.782. The molecule has 0 bridgehead atoms. The van der Waals surface area contributed by atoms with Crippen LogP contribution in [0.4, 0.5) is 0 Å². The van der Waals surface area contributed by atoms with Crippen LogP contribution in [0.2, 0.25) is 5.02 Å². The zero-order valence-corrected chi connectivity index (χ0v) is 11.9. The van der Waals surface area contributed by atoms with E-state index >= 15 is 0 Å². The smallest absolute Gasteiger partial charge is 0.125 e. The second-order valence-corrected chi connectivity index (χ2v) is 4.86. The third-order valence-corrected chi connectivity index (χ3v) is 3.71. The Balaban J connectivity index is 3.02. The fourth-order valence-corrected chi connectivity index (χ4v) is 2.27. The summed E-state index contributed by atoms with van der Waals surface area (Å²) in [5.74, 6) is 0.672. The van der Waals surface area contributed by atoms with Gasteiger partial charge in [-0.05, 0) is 50.3 Å². The number of halogens is 1. The molecular formula is C14H21ClO3. The van der Waals surface area contributed by atoms with Crippen LogP contribution < -0.4 is 4.74 Å². The third-order valence-electron chi connectivity index (χ3n) is 3.13. The second-order valence-electron chi connectivity index (χ2n) is 4.48. The first-order chi connectivity index (χ1) is 8.52. The van der Waals surface area contributed by atoms with Gasteiger partial charge in [0.05, 0.1) is 13.2 Å². The summed E-state index contributed by atoms with van der Waals surface area (Å²) >= 11 is 6.21. The van der Waals surface area contributed by atoms with E-state index in [1.165, 1.54) is 0 Å². The summed E-state index contributed by atoms with van der Waals surface area (Å²) in [6.45, 7) is 3.96. The van der Waals surface area contributed by atoms with Crippen LogP contribution in [-0.2, 0) is 0 Å². The van der Waals surface area contributed by atoms with Crippen molar-refractivity contribution in [1.82, 2.24) is 0 Å². The molecule has 3 nitrogen and oxygen atoms in total. The van der Waals surface area contributed by atoms with Crippen LogP contribution in [0.3, 0.4) is 0 Å². The van der Waals surface area contributed by atoms with Gasteiger partial charge in [0.25, 0.3) is 0 Å². The van der Waals surface area contributed by atoms with Gasteiger partial charge in [-0.3, -0.25) is 0 Å². The molecule has 0 heterocycles. The normalized spacial score (nSPS) is 12.6. The Labute approximate surface area is 113 Å². The number of aryl methyl sites for hydroxylation is 1. The predicted octanol–water partition coefficient (Wildman–Crippen LogP) is 3.16. The van der Waals surface area contributed by atoms with Gasteiger partial charge in [-0.15, -0.1) is 0 Å². The van der Waals surface area contributed by atoms with E-state index in [-0.39, 0.29) is 6.61 Å². The van der Waals surface area contributed by atoms with E-state index < -0.39 is 6.10 Å². The third kappa shape index (κ3) is 3.37. The van der Waals surface area contributed by atoms with Gasteiger partial charge in [0.15, 0.2) is 0 Å². The van der Waals surface area contributed by atoms with Gasteiger partial charge in [-0.1, -0.05) is 11.6 Å². The summed E-state index contributed by atoms with van der Waals surface area (Å²) in [6, 6.07) is 1.85. The summed E-state index contributed by atoms with van der Waals surface area (Å²) in [5.41, 5.74) is 2.56. The monoisotopic (exact) mass is 272 g/mol. The summed E-state index contributed by atoms with van der Waals surface area (Å²) in [7, 11) is 1.59. The number of benzene rings is 1. The minimum Gasteiger partial charge on any atom is -0.496 e. The van der Waals surface area contributed by atoms with Gasteiger partial charge < -0.3 is 14.9 Å². The van der Waals surface area contributed by atoms with Crippen molar-refractivity contribution >= 4 is 11.6 Å². The molecule has 0 saturated carbocycles. The molecule has 0 fully saturated rings. The zero-order chi connectivity index (χ0) is 13.7. The maximum absolute atomic E-state index is 10.2. The average molecular weight is 273 g/mol. The lowest BCUT2D eigenvalue weighted by atomic mass is 9.96. The Morgan fingerprint density at radius 3 is 2.56 bits per heavy atom. The Morgan fingerprint density at radius 2 is 2.00 bits per heavy atom. The van der Waals surface area contributed by atoms with Crippen molar-refractivity contribution in [2.45, 2.75) is 39.2 Å². The molecule has 1 atom stereocenters. The molecule has 0 aliphatic rings. The zero-order valence-electron chi connectivity index (χ0n) is 11.2. The van der Waals surface area contributed by atoms with Crippen LogP contribution in [0.15, 0.2) is 6.07 Å². The van der Waals surface area contributed by atoms with Crippen molar-refractivity contribution in [2.75, 3.05) is 13.7 Å². The number of ether oxygens (including phenoxy) is 1. The van der Waals surface area contributed by atoms with Gasteiger partial charge in [-0.2, -0.15) is 0 Å². The lowest BCUT2D eigenvalue weighted by Crippen LogP contribution is -2.05. The fraction of sp³-hybridized carbons (Fsp3) is 0.571. The molecule has 18 heavy (non-hydrogen) atoms. The van der Waals surface area contributed by atoms with E-state index in [1.807, 2.05) is 19.9 Å². The molecule has 0 aliphatic heterocycles.